The largest absolute Gasteiger partial charge is 0.356 e. The zero-order valence-electron chi connectivity index (χ0n) is 12.0. The molecule has 0 saturated carbocycles. The Bertz CT molecular complexity index is 435. The van der Waals surface area contributed by atoms with Gasteiger partial charge in [0.25, 0.3) is 0 Å². The second-order valence-electron chi connectivity index (χ2n) is 5.47. The van der Waals surface area contributed by atoms with Crippen LogP contribution in [0.2, 0.25) is 4.34 Å². The molecule has 1 fully saturated rings. The van der Waals surface area contributed by atoms with Crippen molar-refractivity contribution >= 4 is 28.8 Å². The maximum absolute atomic E-state index is 11.8. The molecule has 2 rings (SSSR count). The summed E-state index contributed by atoms with van der Waals surface area (Å²) in [5, 5.41) is 3.07. The average molecular weight is 315 g/mol. The zero-order chi connectivity index (χ0) is 14.4. The van der Waals surface area contributed by atoms with Crippen LogP contribution in [0.5, 0.6) is 0 Å². The topological polar surface area (TPSA) is 32.3 Å². The van der Waals surface area contributed by atoms with Crippen LogP contribution in [0, 0.1) is 5.92 Å². The van der Waals surface area contributed by atoms with E-state index in [2.05, 4.69) is 17.1 Å². The number of halogens is 1. The summed E-state index contributed by atoms with van der Waals surface area (Å²) in [7, 11) is 0. The Morgan fingerprint density at radius 3 is 3.10 bits per heavy atom. The lowest BCUT2D eigenvalue weighted by molar-refractivity contribution is -0.121. The third-order valence-corrected chi connectivity index (χ3v) is 5.02. The molecule has 1 aromatic rings. The number of carbonyl (C=O) groups excluding carboxylic acids is 1. The van der Waals surface area contributed by atoms with Crippen molar-refractivity contribution in [1.29, 1.82) is 0 Å². The van der Waals surface area contributed by atoms with Crippen LogP contribution in [0.15, 0.2) is 12.1 Å². The number of hydrogen-bond acceptors (Lipinski definition) is 3. The molecular weight excluding hydrogens is 292 g/mol. The van der Waals surface area contributed by atoms with Crippen molar-refractivity contribution in [2.24, 2.45) is 5.92 Å². The molecule has 0 bridgehead atoms. The van der Waals surface area contributed by atoms with E-state index in [4.69, 9.17) is 11.6 Å². The second kappa shape index (κ2) is 8.01. The van der Waals surface area contributed by atoms with E-state index in [1.807, 2.05) is 12.1 Å². The van der Waals surface area contributed by atoms with Gasteiger partial charge < -0.3 is 10.2 Å². The van der Waals surface area contributed by atoms with Gasteiger partial charge in [-0.05, 0) is 50.4 Å². The van der Waals surface area contributed by atoms with Gasteiger partial charge in [-0.25, -0.2) is 0 Å². The summed E-state index contributed by atoms with van der Waals surface area (Å²) < 4.78 is 0.794. The molecule has 1 amide bonds. The van der Waals surface area contributed by atoms with Crippen molar-refractivity contribution in [3.05, 3.63) is 21.3 Å². The summed E-state index contributed by atoms with van der Waals surface area (Å²) in [6.45, 7) is 6.54. The molecule has 1 atom stereocenters. The van der Waals surface area contributed by atoms with Crippen LogP contribution in [0.1, 0.15) is 31.1 Å². The molecule has 1 saturated heterocycles. The fraction of sp³-hybridized carbons (Fsp3) is 0.667. The minimum absolute atomic E-state index is 0.156. The summed E-state index contributed by atoms with van der Waals surface area (Å²) in [5.74, 6) is 0.783. The van der Waals surface area contributed by atoms with Crippen LogP contribution >= 0.6 is 22.9 Å². The van der Waals surface area contributed by atoms with Crippen LogP contribution in [0.4, 0.5) is 0 Å². The lowest BCUT2D eigenvalue weighted by Gasteiger charge is -2.15. The molecule has 1 aromatic heterocycles. The normalized spacial score (nSPS) is 19.4. The number of thiophene rings is 1. The minimum Gasteiger partial charge on any atom is -0.356 e. The number of carbonyl (C=O) groups is 1. The van der Waals surface area contributed by atoms with E-state index in [9.17, 15) is 4.79 Å². The predicted octanol–water partition coefficient (Wildman–Crippen LogP) is 3.18. The zero-order valence-corrected chi connectivity index (χ0v) is 13.6. The van der Waals surface area contributed by atoms with E-state index in [0.717, 1.165) is 23.8 Å². The quantitative estimate of drug-likeness (QED) is 0.838. The Morgan fingerprint density at radius 2 is 2.40 bits per heavy atom. The molecule has 3 nitrogen and oxygen atoms in total. The molecule has 0 unspecified atom stereocenters. The summed E-state index contributed by atoms with van der Waals surface area (Å²) >= 11 is 7.43. The lowest BCUT2D eigenvalue weighted by Crippen LogP contribution is -2.31. The first-order valence-electron chi connectivity index (χ1n) is 7.40. The molecular formula is C15H23ClN2OS. The third-order valence-electron chi connectivity index (χ3n) is 3.73. The molecule has 20 heavy (non-hydrogen) atoms. The molecule has 0 spiro atoms. The van der Waals surface area contributed by atoms with Crippen molar-refractivity contribution in [2.45, 2.75) is 32.6 Å². The Labute approximate surface area is 130 Å². The Morgan fingerprint density at radius 1 is 1.55 bits per heavy atom. The van der Waals surface area contributed by atoms with Gasteiger partial charge in [-0.15, -0.1) is 11.3 Å². The highest BCUT2D eigenvalue weighted by molar-refractivity contribution is 7.16. The molecule has 1 aliphatic rings. The fourth-order valence-electron chi connectivity index (χ4n) is 2.67. The van der Waals surface area contributed by atoms with Crippen LogP contribution in [-0.4, -0.2) is 37.0 Å². The highest BCUT2D eigenvalue weighted by Crippen LogP contribution is 2.22. The van der Waals surface area contributed by atoms with Gasteiger partial charge in [0, 0.05) is 24.4 Å². The monoisotopic (exact) mass is 314 g/mol. The van der Waals surface area contributed by atoms with Gasteiger partial charge in [-0.2, -0.15) is 0 Å². The average Bonchev–Trinajstić information content (AvgIpc) is 3.04. The molecule has 0 radical (unpaired) electrons. The highest BCUT2D eigenvalue weighted by atomic mass is 35.5. The highest BCUT2D eigenvalue weighted by Gasteiger charge is 2.21. The number of nitrogens with one attached hydrogen (secondary N) is 1. The molecule has 5 heteroatoms. The van der Waals surface area contributed by atoms with E-state index in [0.29, 0.717) is 12.3 Å². The summed E-state index contributed by atoms with van der Waals surface area (Å²) in [5.41, 5.74) is 0. The molecule has 0 aliphatic carbocycles. The van der Waals surface area contributed by atoms with Crippen molar-refractivity contribution < 1.29 is 4.79 Å². The van der Waals surface area contributed by atoms with Gasteiger partial charge in [-0.1, -0.05) is 18.5 Å². The molecule has 112 valence electrons. The Hall–Kier alpha value is -0.580. The number of hydrogen-bond donors (Lipinski definition) is 1. The van der Waals surface area contributed by atoms with Crippen molar-refractivity contribution in [3.8, 4) is 0 Å². The molecule has 1 aliphatic heterocycles. The van der Waals surface area contributed by atoms with E-state index >= 15 is 0 Å². The van der Waals surface area contributed by atoms with E-state index < -0.39 is 0 Å². The molecule has 1 N–H and O–H groups in total. The first kappa shape index (κ1) is 15.8. The molecule has 0 aromatic carbocycles. The fourth-order valence-corrected chi connectivity index (χ4v) is 3.76. The van der Waals surface area contributed by atoms with E-state index in [1.54, 1.807) is 11.3 Å². The van der Waals surface area contributed by atoms with Gasteiger partial charge in [0.05, 0.1) is 4.34 Å². The summed E-state index contributed by atoms with van der Waals surface area (Å²) in [6.07, 6.45) is 3.77. The number of nitrogens with zero attached hydrogens (tertiary/aromatic N) is 1. The Balaban J connectivity index is 1.61. The summed E-state index contributed by atoms with van der Waals surface area (Å²) in [6, 6.07) is 3.89. The SMILES string of the molecule is CCCN1CC[C@H](CNC(=O)CCc2ccc(Cl)s2)C1. The van der Waals surface area contributed by atoms with Crippen molar-refractivity contribution in [2.75, 3.05) is 26.2 Å². The summed E-state index contributed by atoms with van der Waals surface area (Å²) in [4.78, 5) is 15.5. The number of rotatable bonds is 7. The van der Waals surface area contributed by atoms with E-state index in [-0.39, 0.29) is 5.91 Å². The van der Waals surface area contributed by atoms with Crippen molar-refractivity contribution in [3.63, 3.8) is 0 Å². The van der Waals surface area contributed by atoms with Crippen molar-refractivity contribution in [1.82, 2.24) is 10.2 Å². The number of amides is 1. The number of aryl methyl sites for hydroxylation is 1. The third kappa shape index (κ3) is 5.08. The first-order chi connectivity index (χ1) is 9.67. The maximum atomic E-state index is 11.8. The predicted molar refractivity (Wildman–Crippen MR) is 85.5 cm³/mol. The minimum atomic E-state index is 0.156. The standard InChI is InChI=1S/C15H23ClN2OS/c1-2-8-18-9-7-12(11-18)10-17-15(19)6-4-13-3-5-14(16)20-13/h3,5,12H,2,4,6-11H2,1H3,(H,17,19)/t12-/m1/s1. The van der Waals surface area contributed by atoms with Crippen LogP contribution in [0.3, 0.4) is 0 Å². The van der Waals surface area contributed by atoms with Gasteiger partial charge in [0.2, 0.25) is 5.91 Å². The van der Waals surface area contributed by atoms with E-state index in [1.165, 1.54) is 30.8 Å². The number of likely N-dealkylation sites (tertiary alicyclic amines) is 1. The molecule has 2 heterocycles. The van der Waals surface area contributed by atoms with Crippen LogP contribution in [-0.2, 0) is 11.2 Å². The van der Waals surface area contributed by atoms with Crippen LogP contribution in [0.25, 0.3) is 0 Å². The van der Waals surface area contributed by atoms with Crippen LogP contribution < -0.4 is 5.32 Å². The smallest absolute Gasteiger partial charge is 0.220 e. The second-order valence-corrected chi connectivity index (χ2v) is 7.26. The first-order valence-corrected chi connectivity index (χ1v) is 8.60. The Kier molecular flexibility index (Phi) is 6.33. The maximum Gasteiger partial charge on any atom is 0.220 e. The lowest BCUT2D eigenvalue weighted by atomic mass is 10.1. The van der Waals surface area contributed by atoms with Gasteiger partial charge >= 0.3 is 0 Å². The van der Waals surface area contributed by atoms with Gasteiger partial charge in [0.15, 0.2) is 0 Å². The van der Waals surface area contributed by atoms with Gasteiger partial charge in [0.1, 0.15) is 0 Å². The van der Waals surface area contributed by atoms with Gasteiger partial charge in [-0.3, -0.25) is 4.79 Å².